The van der Waals surface area contributed by atoms with Gasteiger partial charge >= 0.3 is 11.9 Å². The predicted molar refractivity (Wildman–Crippen MR) is 85.0 cm³/mol. The molecule has 0 saturated heterocycles. The van der Waals surface area contributed by atoms with E-state index in [1.54, 1.807) is 38.1 Å². The van der Waals surface area contributed by atoms with Crippen molar-refractivity contribution in [3.8, 4) is 0 Å². The highest BCUT2D eigenvalue weighted by Crippen LogP contribution is 2.16. The molecule has 0 heterocycles. The van der Waals surface area contributed by atoms with Gasteiger partial charge in [-0.15, -0.1) is 11.8 Å². The average Bonchev–Trinajstić information content (AvgIpc) is 2.48. The van der Waals surface area contributed by atoms with E-state index in [0.717, 1.165) is 11.8 Å². The number of nitrogens with one attached hydrogen (secondary N) is 1. The van der Waals surface area contributed by atoms with Crippen molar-refractivity contribution < 1.29 is 23.9 Å². The minimum atomic E-state index is -0.488. The van der Waals surface area contributed by atoms with Crippen molar-refractivity contribution in [1.29, 1.82) is 0 Å². The number of hydrogen-bond acceptors (Lipinski definition) is 6. The van der Waals surface area contributed by atoms with Crippen LogP contribution < -0.4 is 5.32 Å². The normalized spacial score (nSPS) is 9.91. The first-order valence-electron chi connectivity index (χ1n) is 6.87. The molecule has 0 aromatic heterocycles. The molecule has 1 aromatic rings. The first-order chi connectivity index (χ1) is 10.6. The molecule has 0 bridgehead atoms. The molecule has 0 unspecified atom stereocenters. The summed E-state index contributed by atoms with van der Waals surface area (Å²) in [6.07, 6.45) is 0. The second-order valence-corrected chi connectivity index (χ2v) is 5.10. The molecule has 0 fully saturated rings. The Bertz CT molecular complexity index is 532. The highest BCUT2D eigenvalue weighted by molar-refractivity contribution is 8.00. The van der Waals surface area contributed by atoms with Crippen molar-refractivity contribution in [2.45, 2.75) is 13.8 Å². The molecular weight excluding hydrogens is 306 g/mol. The summed E-state index contributed by atoms with van der Waals surface area (Å²) in [5.41, 5.74) is 0.691. The number of rotatable bonds is 8. The fourth-order valence-corrected chi connectivity index (χ4v) is 2.20. The standard InChI is InChI=1S/C15H19NO5S/c1-3-20-14(18)10-22-9-13(17)16-12-8-6-5-7-11(12)15(19)21-4-2/h5-8H,3-4,9-10H2,1-2H3,(H,16,17). The van der Waals surface area contributed by atoms with E-state index in [1.807, 2.05) is 0 Å². The predicted octanol–water partition coefficient (Wildman–Crippen LogP) is 2.10. The van der Waals surface area contributed by atoms with E-state index < -0.39 is 5.97 Å². The molecule has 120 valence electrons. The minimum Gasteiger partial charge on any atom is -0.465 e. The molecule has 0 aliphatic carbocycles. The van der Waals surface area contributed by atoms with Gasteiger partial charge in [-0.2, -0.15) is 0 Å². The summed E-state index contributed by atoms with van der Waals surface area (Å²) in [6, 6.07) is 6.61. The second-order valence-electron chi connectivity index (χ2n) is 4.11. The molecule has 1 aromatic carbocycles. The van der Waals surface area contributed by atoms with Crippen molar-refractivity contribution in [2.24, 2.45) is 0 Å². The van der Waals surface area contributed by atoms with Crippen LogP contribution >= 0.6 is 11.8 Å². The molecule has 22 heavy (non-hydrogen) atoms. The topological polar surface area (TPSA) is 81.7 Å². The van der Waals surface area contributed by atoms with E-state index in [-0.39, 0.29) is 30.0 Å². The zero-order valence-corrected chi connectivity index (χ0v) is 13.4. The SMILES string of the molecule is CCOC(=O)CSCC(=O)Nc1ccccc1C(=O)OCC. The Kier molecular flexibility index (Phi) is 8.06. The molecule has 6 nitrogen and oxygen atoms in total. The van der Waals surface area contributed by atoms with Gasteiger partial charge in [-0.25, -0.2) is 4.79 Å². The van der Waals surface area contributed by atoms with E-state index in [4.69, 9.17) is 9.47 Å². The summed E-state index contributed by atoms with van der Waals surface area (Å²) in [7, 11) is 0. The summed E-state index contributed by atoms with van der Waals surface area (Å²) in [4.78, 5) is 34.8. The Hall–Kier alpha value is -2.02. The van der Waals surface area contributed by atoms with Gasteiger partial charge in [-0.05, 0) is 26.0 Å². The van der Waals surface area contributed by atoms with E-state index >= 15 is 0 Å². The fraction of sp³-hybridized carbons (Fsp3) is 0.400. The molecule has 0 aliphatic rings. The third-order valence-electron chi connectivity index (χ3n) is 2.45. The minimum absolute atomic E-state index is 0.0932. The van der Waals surface area contributed by atoms with E-state index in [1.165, 1.54) is 0 Å². The van der Waals surface area contributed by atoms with Gasteiger partial charge in [0.05, 0.1) is 36.0 Å². The van der Waals surface area contributed by atoms with Crippen LogP contribution in [0, 0.1) is 0 Å². The van der Waals surface area contributed by atoms with Crippen LogP contribution in [0.4, 0.5) is 5.69 Å². The molecule has 7 heteroatoms. The maximum absolute atomic E-state index is 11.8. The first-order valence-corrected chi connectivity index (χ1v) is 8.03. The van der Waals surface area contributed by atoms with Crippen LogP contribution in [0.15, 0.2) is 24.3 Å². The van der Waals surface area contributed by atoms with Gasteiger partial charge in [0.2, 0.25) is 5.91 Å². The second kappa shape index (κ2) is 9.83. The van der Waals surface area contributed by atoms with Gasteiger partial charge in [0.1, 0.15) is 0 Å². The molecule has 1 rings (SSSR count). The number of esters is 2. The number of para-hydroxylation sites is 1. The van der Waals surface area contributed by atoms with Crippen LogP contribution in [-0.2, 0) is 19.1 Å². The quantitative estimate of drug-likeness (QED) is 0.737. The van der Waals surface area contributed by atoms with Crippen LogP contribution in [-0.4, -0.2) is 42.6 Å². The highest BCUT2D eigenvalue weighted by Gasteiger charge is 2.14. The maximum Gasteiger partial charge on any atom is 0.340 e. The Morgan fingerprint density at radius 2 is 1.73 bits per heavy atom. The number of ether oxygens (including phenoxy) is 2. The van der Waals surface area contributed by atoms with Gasteiger partial charge in [-0.3, -0.25) is 9.59 Å². The monoisotopic (exact) mass is 325 g/mol. The van der Waals surface area contributed by atoms with Crippen molar-refractivity contribution in [2.75, 3.05) is 30.0 Å². The largest absolute Gasteiger partial charge is 0.465 e. The molecule has 1 amide bonds. The lowest BCUT2D eigenvalue weighted by Gasteiger charge is -2.10. The van der Waals surface area contributed by atoms with Gasteiger partial charge < -0.3 is 14.8 Å². The Morgan fingerprint density at radius 1 is 1.05 bits per heavy atom. The number of hydrogen-bond donors (Lipinski definition) is 1. The molecular formula is C15H19NO5S. The third kappa shape index (κ3) is 6.17. The summed E-state index contributed by atoms with van der Waals surface area (Å²) in [6.45, 7) is 4.02. The molecule has 0 saturated carbocycles. The summed E-state index contributed by atoms with van der Waals surface area (Å²) < 4.78 is 9.70. The molecule has 0 radical (unpaired) electrons. The van der Waals surface area contributed by atoms with Crippen molar-refractivity contribution >= 4 is 35.3 Å². The Labute approximate surface area is 133 Å². The zero-order valence-electron chi connectivity index (χ0n) is 12.6. The van der Waals surface area contributed by atoms with E-state index in [9.17, 15) is 14.4 Å². The molecule has 1 N–H and O–H groups in total. The smallest absolute Gasteiger partial charge is 0.340 e. The van der Waals surface area contributed by atoms with Crippen LogP contribution in [0.5, 0.6) is 0 Å². The molecule has 0 aliphatic heterocycles. The summed E-state index contributed by atoms with van der Waals surface area (Å²) in [5, 5.41) is 2.64. The Morgan fingerprint density at radius 3 is 2.41 bits per heavy atom. The van der Waals surface area contributed by atoms with Gasteiger partial charge in [-0.1, -0.05) is 12.1 Å². The number of carbonyl (C=O) groups excluding carboxylic acids is 3. The molecule has 0 spiro atoms. The zero-order chi connectivity index (χ0) is 16.4. The van der Waals surface area contributed by atoms with Crippen LogP contribution in [0.2, 0.25) is 0 Å². The van der Waals surface area contributed by atoms with E-state index in [0.29, 0.717) is 17.9 Å². The summed E-state index contributed by atoms with van der Waals surface area (Å²) >= 11 is 1.15. The van der Waals surface area contributed by atoms with E-state index in [2.05, 4.69) is 5.32 Å². The number of amides is 1. The maximum atomic E-state index is 11.8. The number of anilines is 1. The lowest BCUT2D eigenvalue weighted by atomic mass is 10.2. The Balaban J connectivity index is 2.54. The van der Waals surface area contributed by atoms with Crippen LogP contribution in [0.25, 0.3) is 0 Å². The van der Waals surface area contributed by atoms with Crippen LogP contribution in [0.3, 0.4) is 0 Å². The number of benzene rings is 1. The number of thioether (sulfide) groups is 1. The summed E-state index contributed by atoms with van der Waals surface area (Å²) in [5.74, 6) is -0.938. The van der Waals surface area contributed by atoms with Crippen LogP contribution in [0.1, 0.15) is 24.2 Å². The highest BCUT2D eigenvalue weighted by atomic mass is 32.2. The van der Waals surface area contributed by atoms with Gasteiger partial charge in [0.25, 0.3) is 0 Å². The van der Waals surface area contributed by atoms with Gasteiger partial charge in [0, 0.05) is 0 Å². The lowest BCUT2D eigenvalue weighted by molar-refractivity contribution is -0.139. The lowest BCUT2D eigenvalue weighted by Crippen LogP contribution is -2.18. The first kappa shape index (κ1) is 18.0. The van der Waals surface area contributed by atoms with Gasteiger partial charge in [0.15, 0.2) is 0 Å². The number of carbonyl (C=O) groups is 3. The van der Waals surface area contributed by atoms with Crippen molar-refractivity contribution in [1.82, 2.24) is 0 Å². The average molecular weight is 325 g/mol. The van der Waals surface area contributed by atoms with Crippen molar-refractivity contribution in [3.05, 3.63) is 29.8 Å². The fourth-order valence-electron chi connectivity index (χ4n) is 1.59. The molecule has 0 atom stereocenters. The van der Waals surface area contributed by atoms with Crippen molar-refractivity contribution in [3.63, 3.8) is 0 Å². The third-order valence-corrected chi connectivity index (χ3v) is 3.36.